The molecule has 1 rings (SSSR count). The van der Waals surface area contributed by atoms with Crippen molar-refractivity contribution in [3.63, 3.8) is 0 Å². The van der Waals surface area contributed by atoms with E-state index in [9.17, 15) is 4.79 Å². The Morgan fingerprint density at radius 3 is 2.75 bits per heavy atom. The van der Waals surface area contributed by atoms with Crippen molar-refractivity contribution in [2.24, 2.45) is 0 Å². The molecule has 0 bridgehead atoms. The van der Waals surface area contributed by atoms with E-state index in [0.717, 1.165) is 11.3 Å². The van der Waals surface area contributed by atoms with Crippen molar-refractivity contribution in [2.75, 3.05) is 13.2 Å². The molecule has 1 amide bonds. The predicted molar refractivity (Wildman–Crippen MR) is 80.6 cm³/mol. The molecular weight excluding hydrogens is 254 g/mol. The van der Waals surface area contributed by atoms with Gasteiger partial charge >= 0.3 is 0 Å². The fourth-order valence-electron chi connectivity index (χ4n) is 1.79. The van der Waals surface area contributed by atoms with E-state index in [0.29, 0.717) is 13.0 Å². The van der Waals surface area contributed by atoms with Gasteiger partial charge in [-0.3, -0.25) is 4.79 Å². The minimum Gasteiger partial charge on any atom is -0.493 e. The van der Waals surface area contributed by atoms with E-state index in [2.05, 4.69) is 5.32 Å². The Morgan fingerprint density at radius 2 is 2.10 bits per heavy atom. The molecule has 0 aliphatic rings. The summed E-state index contributed by atoms with van der Waals surface area (Å²) in [6, 6.07) is 7.56. The van der Waals surface area contributed by atoms with Crippen LogP contribution in [-0.4, -0.2) is 29.8 Å². The average molecular weight is 277 g/mol. The van der Waals surface area contributed by atoms with E-state index < -0.39 is 5.54 Å². The first kappa shape index (κ1) is 16.2. The van der Waals surface area contributed by atoms with Gasteiger partial charge in [-0.2, -0.15) is 0 Å². The second-order valence-corrected chi connectivity index (χ2v) is 5.15. The van der Waals surface area contributed by atoms with Gasteiger partial charge in [-0.25, -0.2) is 0 Å². The highest BCUT2D eigenvalue weighted by atomic mass is 16.5. The van der Waals surface area contributed by atoms with Crippen LogP contribution in [0.2, 0.25) is 0 Å². The SMILES string of the molecule is CCOc1ccccc1/C=C/C(=O)NC(C)(C)CCO. The van der Waals surface area contributed by atoms with Crippen LogP contribution in [0, 0.1) is 0 Å². The van der Waals surface area contributed by atoms with E-state index in [1.165, 1.54) is 6.08 Å². The van der Waals surface area contributed by atoms with Crippen LogP contribution >= 0.6 is 0 Å². The predicted octanol–water partition coefficient (Wildman–Crippen LogP) is 2.38. The third kappa shape index (κ3) is 5.45. The maximum atomic E-state index is 11.9. The van der Waals surface area contributed by atoms with Crippen molar-refractivity contribution in [1.29, 1.82) is 0 Å². The lowest BCUT2D eigenvalue weighted by Gasteiger charge is -2.24. The number of carbonyl (C=O) groups is 1. The van der Waals surface area contributed by atoms with Crippen molar-refractivity contribution in [3.05, 3.63) is 35.9 Å². The molecule has 0 spiro atoms. The lowest BCUT2D eigenvalue weighted by molar-refractivity contribution is -0.118. The summed E-state index contributed by atoms with van der Waals surface area (Å²) in [6.45, 7) is 6.31. The van der Waals surface area contributed by atoms with Crippen LogP contribution in [0.5, 0.6) is 5.75 Å². The number of ether oxygens (including phenoxy) is 1. The van der Waals surface area contributed by atoms with E-state index >= 15 is 0 Å². The van der Waals surface area contributed by atoms with E-state index in [1.807, 2.05) is 45.0 Å². The number of hydrogen-bond donors (Lipinski definition) is 2. The summed E-state index contributed by atoms with van der Waals surface area (Å²) in [7, 11) is 0. The summed E-state index contributed by atoms with van der Waals surface area (Å²) < 4.78 is 5.49. The standard InChI is InChI=1S/C16H23NO3/c1-4-20-14-8-6-5-7-13(14)9-10-15(19)17-16(2,3)11-12-18/h5-10,18H,4,11-12H2,1-3H3,(H,17,19)/b10-9+. The number of hydrogen-bond acceptors (Lipinski definition) is 3. The maximum Gasteiger partial charge on any atom is 0.244 e. The molecule has 0 unspecified atom stereocenters. The van der Waals surface area contributed by atoms with Crippen LogP contribution in [-0.2, 0) is 4.79 Å². The van der Waals surface area contributed by atoms with Gasteiger partial charge in [-0.1, -0.05) is 18.2 Å². The molecule has 4 heteroatoms. The highest BCUT2D eigenvalue weighted by Gasteiger charge is 2.18. The van der Waals surface area contributed by atoms with E-state index in [-0.39, 0.29) is 12.5 Å². The third-order valence-electron chi connectivity index (χ3n) is 2.83. The van der Waals surface area contributed by atoms with Gasteiger partial charge in [0, 0.05) is 23.8 Å². The molecule has 1 aromatic rings. The first-order valence-corrected chi connectivity index (χ1v) is 6.81. The zero-order chi connectivity index (χ0) is 15.0. The number of aliphatic hydroxyl groups is 1. The summed E-state index contributed by atoms with van der Waals surface area (Å²) in [5.41, 5.74) is 0.444. The number of carbonyl (C=O) groups excluding carboxylic acids is 1. The molecular formula is C16H23NO3. The number of aliphatic hydroxyl groups excluding tert-OH is 1. The van der Waals surface area contributed by atoms with Crippen LogP contribution in [0.25, 0.3) is 6.08 Å². The monoisotopic (exact) mass is 277 g/mol. The average Bonchev–Trinajstić information content (AvgIpc) is 2.37. The third-order valence-corrected chi connectivity index (χ3v) is 2.83. The molecule has 20 heavy (non-hydrogen) atoms. The van der Waals surface area contributed by atoms with Gasteiger partial charge in [0.1, 0.15) is 5.75 Å². The highest BCUT2D eigenvalue weighted by molar-refractivity contribution is 5.92. The molecule has 0 aliphatic heterocycles. The number of nitrogens with one attached hydrogen (secondary N) is 1. The largest absolute Gasteiger partial charge is 0.493 e. The quantitative estimate of drug-likeness (QED) is 0.752. The van der Waals surface area contributed by atoms with Gasteiger partial charge in [0.2, 0.25) is 5.91 Å². The van der Waals surface area contributed by atoms with Gasteiger partial charge in [-0.15, -0.1) is 0 Å². The number of rotatable bonds is 7. The minimum absolute atomic E-state index is 0.0458. The van der Waals surface area contributed by atoms with Crippen molar-refractivity contribution in [3.8, 4) is 5.75 Å². The van der Waals surface area contributed by atoms with Crippen molar-refractivity contribution in [2.45, 2.75) is 32.7 Å². The Balaban J connectivity index is 2.70. The van der Waals surface area contributed by atoms with Crippen molar-refractivity contribution < 1.29 is 14.6 Å². The zero-order valence-electron chi connectivity index (χ0n) is 12.3. The second kappa shape index (κ2) is 7.70. The Kier molecular flexibility index (Phi) is 6.25. The van der Waals surface area contributed by atoms with Crippen LogP contribution in [0.4, 0.5) is 0 Å². The van der Waals surface area contributed by atoms with Crippen LogP contribution in [0.1, 0.15) is 32.8 Å². The van der Waals surface area contributed by atoms with E-state index in [4.69, 9.17) is 9.84 Å². The number of amides is 1. The summed E-state index contributed by atoms with van der Waals surface area (Å²) in [5.74, 6) is 0.573. The molecule has 0 fully saturated rings. The molecule has 0 aliphatic carbocycles. The van der Waals surface area contributed by atoms with Gasteiger partial charge < -0.3 is 15.2 Å². The molecule has 0 atom stereocenters. The van der Waals surface area contributed by atoms with Crippen LogP contribution in [0.3, 0.4) is 0 Å². The Hall–Kier alpha value is -1.81. The Labute approximate surface area is 120 Å². The number of benzene rings is 1. The van der Waals surface area contributed by atoms with Gasteiger partial charge in [0.15, 0.2) is 0 Å². The smallest absolute Gasteiger partial charge is 0.244 e. The highest BCUT2D eigenvalue weighted by Crippen LogP contribution is 2.19. The second-order valence-electron chi connectivity index (χ2n) is 5.15. The molecule has 110 valence electrons. The fourth-order valence-corrected chi connectivity index (χ4v) is 1.79. The molecule has 0 aromatic heterocycles. The molecule has 0 heterocycles. The van der Waals surface area contributed by atoms with Gasteiger partial charge in [-0.05, 0) is 39.3 Å². The molecule has 0 saturated heterocycles. The lowest BCUT2D eigenvalue weighted by Crippen LogP contribution is -2.43. The summed E-state index contributed by atoms with van der Waals surface area (Å²) in [6.07, 6.45) is 3.73. The molecule has 4 nitrogen and oxygen atoms in total. The van der Waals surface area contributed by atoms with Gasteiger partial charge in [0.05, 0.1) is 6.61 Å². The lowest BCUT2D eigenvalue weighted by atomic mass is 10.0. The zero-order valence-corrected chi connectivity index (χ0v) is 12.3. The Bertz CT molecular complexity index is 467. The summed E-state index contributed by atoms with van der Waals surface area (Å²) in [5, 5.41) is 11.8. The van der Waals surface area contributed by atoms with Crippen molar-refractivity contribution in [1.82, 2.24) is 5.32 Å². The summed E-state index contributed by atoms with van der Waals surface area (Å²) in [4.78, 5) is 11.9. The normalized spacial score (nSPS) is 11.6. The first-order valence-electron chi connectivity index (χ1n) is 6.81. The first-order chi connectivity index (χ1) is 9.48. The molecule has 0 radical (unpaired) electrons. The van der Waals surface area contributed by atoms with Crippen LogP contribution in [0.15, 0.2) is 30.3 Å². The summed E-state index contributed by atoms with van der Waals surface area (Å²) >= 11 is 0. The van der Waals surface area contributed by atoms with Crippen LogP contribution < -0.4 is 10.1 Å². The molecule has 1 aromatic carbocycles. The fraction of sp³-hybridized carbons (Fsp3) is 0.438. The van der Waals surface area contributed by atoms with Crippen molar-refractivity contribution >= 4 is 12.0 Å². The minimum atomic E-state index is -0.421. The van der Waals surface area contributed by atoms with E-state index in [1.54, 1.807) is 6.08 Å². The number of para-hydroxylation sites is 1. The maximum absolute atomic E-state index is 11.9. The molecule has 0 saturated carbocycles. The topological polar surface area (TPSA) is 58.6 Å². The Morgan fingerprint density at radius 1 is 1.40 bits per heavy atom. The van der Waals surface area contributed by atoms with Gasteiger partial charge in [0.25, 0.3) is 0 Å². The molecule has 2 N–H and O–H groups in total.